The molecule has 0 atom stereocenters. The number of furan rings is 2. The predicted molar refractivity (Wildman–Crippen MR) is 258 cm³/mol. The molecule has 10 aromatic carbocycles. The van der Waals surface area contributed by atoms with E-state index in [1.807, 2.05) is 66.7 Å². The Hall–Kier alpha value is -8.61. The average Bonchev–Trinajstić information content (AvgIpc) is 4.00. The molecule has 0 N–H and O–H groups in total. The molecule has 6 nitrogen and oxygen atoms in total. The van der Waals surface area contributed by atoms with E-state index in [1.54, 1.807) is 0 Å². The quantitative estimate of drug-likeness (QED) is 0.177. The maximum absolute atomic E-state index is 6.83. The summed E-state index contributed by atoms with van der Waals surface area (Å²) in [6, 6.07) is 68.1. The first-order valence-corrected chi connectivity index (χ1v) is 21.2. The second kappa shape index (κ2) is 12.9. The summed E-state index contributed by atoms with van der Waals surface area (Å²) in [6.45, 7) is 0. The van der Waals surface area contributed by atoms with Gasteiger partial charge in [-0.2, -0.15) is 0 Å². The van der Waals surface area contributed by atoms with Gasteiger partial charge in [-0.05, 0) is 87.6 Å². The highest BCUT2D eigenvalue weighted by molar-refractivity contribution is 6.23. The summed E-state index contributed by atoms with van der Waals surface area (Å²) in [5.74, 6) is 1.74. The van der Waals surface area contributed by atoms with Crippen molar-refractivity contribution in [3.05, 3.63) is 194 Å². The highest BCUT2D eigenvalue weighted by Crippen LogP contribution is 2.43. The standard InChI is InChI=1S/C57H32N4O2/c1-2-12-33(13-3-1)55-58-56(60-57(59-55)39-22-24-42-41-19-10-11-21-50(41)62-52(42)31-39)38-23-25-51-46(28-38)54-43-20-9-8-18-40(43)49(32-53(54)63-51)61-47-29-36-16-6-4-14-34(36)26-44(47)45-27-35-15-5-7-17-37(35)30-48(45)61/h1-32H. The second-order valence-electron chi connectivity index (χ2n) is 16.4. The van der Waals surface area contributed by atoms with Crippen molar-refractivity contribution < 1.29 is 8.83 Å². The minimum absolute atomic E-state index is 0.570. The Morgan fingerprint density at radius 1 is 0.302 bits per heavy atom. The molecule has 0 fully saturated rings. The van der Waals surface area contributed by atoms with Crippen LogP contribution >= 0.6 is 0 Å². The Morgan fingerprint density at radius 2 is 0.810 bits per heavy atom. The van der Waals surface area contributed by atoms with Crippen molar-refractivity contribution in [3.8, 4) is 39.9 Å². The molecule has 0 aliphatic rings. The summed E-state index contributed by atoms with van der Waals surface area (Å²) < 4.78 is 15.5. The molecule has 4 heterocycles. The molecular weight excluding hydrogens is 773 g/mol. The normalized spacial score (nSPS) is 12.1. The van der Waals surface area contributed by atoms with E-state index in [0.29, 0.717) is 17.5 Å². The topological polar surface area (TPSA) is 69.9 Å². The molecule has 14 rings (SSSR count). The first-order valence-electron chi connectivity index (χ1n) is 21.2. The van der Waals surface area contributed by atoms with Gasteiger partial charge in [0.05, 0.1) is 16.7 Å². The summed E-state index contributed by atoms with van der Waals surface area (Å²) in [4.78, 5) is 15.3. The molecule has 4 aromatic heterocycles. The predicted octanol–water partition coefficient (Wildman–Crippen LogP) is 15.2. The van der Waals surface area contributed by atoms with Crippen LogP contribution in [0.4, 0.5) is 0 Å². The van der Waals surface area contributed by atoms with E-state index in [0.717, 1.165) is 88.1 Å². The Bertz CT molecular complexity index is 4120. The van der Waals surface area contributed by atoms with Crippen molar-refractivity contribution in [1.29, 1.82) is 0 Å². The van der Waals surface area contributed by atoms with Gasteiger partial charge in [-0.25, -0.2) is 15.0 Å². The summed E-state index contributed by atoms with van der Waals surface area (Å²) in [7, 11) is 0. The van der Waals surface area contributed by atoms with Gasteiger partial charge in [-0.15, -0.1) is 0 Å². The molecule has 0 aliphatic heterocycles. The molecule has 0 radical (unpaired) electrons. The number of hydrogen-bond acceptors (Lipinski definition) is 5. The van der Waals surface area contributed by atoms with Crippen molar-refractivity contribution >= 4 is 98.0 Å². The van der Waals surface area contributed by atoms with Gasteiger partial charge in [0.25, 0.3) is 0 Å². The fourth-order valence-corrected chi connectivity index (χ4v) is 9.81. The van der Waals surface area contributed by atoms with Crippen LogP contribution in [-0.2, 0) is 0 Å². The minimum atomic E-state index is 0.570. The molecule has 0 aliphatic carbocycles. The fourth-order valence-electron chi connectivity index (χ4n) is 9.81. The highest BCUT2D eigenvalue weighted by atomic mass is 16.3. The van der Waals surface area contributed by atoms with Gasteiger partial charge in [0.15, 0.2) is 17.5 Å². The number of fused-ring (bicyclic) bond motifs is 13. The first-order chi connectivity index (χ1) is 31.2. The second-order valence-corrected chi connectivity index (χ2v) is 16.4. The maximum atomic E-state index is 6.83. The average molecular weight is 805 g/mol. The van der Waals surface area contributed by atoms with E-state index in [-0.39, 0.29) is 0 Å². The lowest BCUT2D eigenvalue weighted by Gasteiger charge is -2.13. The summed E-state index contributed by atoms with van der Waals surface area (Å²) in [6.07, 6.45) is 0. The summed E-state index contributed by atoms with van der Waals surface area (Å²) in [5.41, 5.74) is 9.25. The lowest BCUT2D eigenvalue weighted by atomic mass is 10.0. The number of hydrogen-bond donors (Lipinski definition) is 0. The number of rotatable bonds is 4. The van der Waals surface area contributed by atoms with Crippen LogP contribution in [0.5, 0.6) is 0 Å². The van der Waals surface area contributed by atoms with E-state index < -0.39 is 0 Å². The molecule has 0 saturated carbocycles. The SMILES string of the molecule is c1ccc(-c2nc(-c3ccc4c(c3)oc3ccccc34)nc(-c3ccc4oc5cc(-n6c7cc8ccccc8cc7c7cc8ccccc8cc76)c6ccccc6c5c4c3)n2)cc1. The first kappa shape index (κ1) is 34.1. The van der Waals surface area contributed by atoms with E-state index in [2.05, 4.69) is 132 Å². The fraction of sp³-hybridized carbons (Fsp3) is 0. The third-order valence-corrected chi connectivity index (χ3v) is 12.8. The van der Waals surface area contributed by atoms with Gasteiger partial charge >= 0.3 is 0 Å². The van der Waals surface area contributed by atoms with Gasteiger partial charge in [-0.3, -0.25) is 0 Å². The summed E-state index contributed by atoms with van der Waals surface area (Å²) in [5, 5.41) is 13.7. The molecule has 14 aromatic rings. The molecular formula is C57H32N4O2. The number of benzene rings is 10. The zero-order valence-corrected chi connectivity index (χ0v) is 33.6. The lowest BCUT2D eigenvalue weighted by molar-refractivity contribution is 0.668. The lowest BCUT2D eigenvalue weighted by Crippen LogP contribution is -2.00. The largest absolute Gasteiger partial charge is 0.456 e. The Labute approximate surface area is 358 Å². The Kier molecular flexibility index (Phi) is 7.02. The van der Waals surface area contributed by atoms with Crippen LogP contribution < -0.4 is 0 Å². The molecule has 0 saturated heterocycles. The van der Waals surface area contributed by atoms with Crippen molar-refractivity contribution in [2.45, 2.75) is 0 Å². The molecule has 0 spiro atoms. The van der Waals surface area contributed by atoms with Gasteiger partial charge in [0.2, 0.25) is 0 Å². The molecule has 0 amide bonds. The van der Waals surface area contributed by atoms with Crippen LogP contribution in [0.25, 0.3) is 138 Å². The van der Waals surface area contributed by atoms with Crippen LogP contribution in [0.1, 0.15) is 0 Å². The van der Waals surface area contributed by atoms with E-state index in [1.165, 1.54) is 32.3 Å². The zero-order chi connectivity index (χ0) is 41.2. The van der Waals surface area contributed by atoms with E-state index in [9.17, 15) is 0 Å². The van der Waals surface area contributed by atoms with Gasteiger partial charge in [0, 0.05) is 60.5 Å². The molecule has 292 valence electrons. The molecule has 0 unspecified atom stereocenters. The van der Waals surface area contributed by atoms with Crippen molar-refractivity contribution in [3.63, 3.8) is 0 Å². The van der Waals surface area contributed by atoms with Crippen molar-refractivity contribution in [2.24, 2.45) is 0 Å². The van der Waals surface area contributed by atoms with Crippen LogP contribution in [0.2, 0.25) is 0 Å². The Balaban J connectivity index is 0.990. The van der Waals surface area contributed by atoms with Crippen molar-refractivity contribution in [2.75, 3.05) is 0 Å². The monoisotopic (exact) mass is 804 g/mol. The number of para-hydroxylation sites is 1. The smallest absolute Gasteiger partial charge is 0.164 e. The molecule has 63 heavy (non-hydrogen) atoms. The highest BCUT2D eigenvalue weighted by Gasteiger charge is 2.21. The van der Waals surface area contributed by atoms with Crippen LogP contribution in [0.3, 0.4) is 0 Å². The molecule has 0 bridgehead atoms. The van der Waals surface area contributed by atoms with Crippen LogP contribution in [-0.4, -0.2) is 19.5 Å². The third-order valence-electron chi connectivity index (χ3n) is 12.8. The van der Waals surface area contributed by atoms with Gasteiger partial charge in [0.1, 0.15) is 22.3 Å². The van der Waals surface area contributed by atoms with Crippen molar-refractivity contribution in [1.82, 2.24) is 19.5 Å². The number of nitrogens with zero attached hydrogens (tertiary/aromatic N) is 4. The molecule has 6 heteroatoms. The van der Waals surface area contributed by atoms with Crippen LogP contribution in [0, 0.1) is 0 Å². The van der Waals surface area contributed by atoms with E-state index in [4.69, 9.17) is 23.8 Å². The summed E-state index contributed by atoms with van der Waals surface area (Å²) >= 11 is 0. The maximum Gasteiger partial charge on any atom is 0.164 e. The zero-order valence-electron chi connectivity index (χ0n) is 33.6. The van der Waals surface area contributed by atoms with Crippen LogP contribution in [0.15, 0.2) is 203 Å². The minimum Gasteiger partial charge on any atom is -0.456 e. The van der Waals surface area contributed by atoms with E-state index >= 15 is 0 Å². The number of aromatic nitrogens is 4. The third kappa shape index (κ3) is 5.15. The van der Waals surface area contributed by atoms with Gasteiger partial charge in [-0.1, -0.05) is 127 Å². The van der Waals surface area contributed by atoms with Gasteiger partial charge < -0.3 is 13.4 Å². The Morgan fingerprint density at radius 3 is 1.51 bits per heavy atom.